The topological polar surface area (TPSA) is 59.3 Å². The van der Waals surface area contributed by atoms with Crippen LogP contribution in [0.15, 0.2) is 40.8 Å². The zero-order valence-corrected chi connectivity index (χ0v) is 17.2. The summed E-state index contributed by atoms with van der Waals surface area (Å²) in [6, 6.07) is 11.7. The van der Waals surface area contributed by atoms with Crippen LogP contribution in [0.25, 0.3) is 0 Å². The fourth-order valence-electron chi connectivity index (χ4n) is 3.68. The van der Waals surface area contributed by atoms with Gasteiger partial charge >= 0.3 is 0 Å². The zero-order valence-electron chi connectivity index (χ0n) is 16.4. The molecule has 4 atom stereocenters. The summed E-state index contributed by atoms with van der Waals surface area (Å²) in [4.78, 5) is 12.5. The van der Waals surface area contributed by atoms with E-state index in [0.29, 0.717) is 34.9 Å². The molecule has 1 saturated carbocycles. The van der Waals surface area contributed by atoms with E-state index in [-0.39, 0.29) is 11.9 Å². The van der Waals surface area contributed by atoms with Gasteiger partial charge in [0.05, 0.1) is 5.75 Å². The average Bonchev–Trinajstić information content (AvgIpc) is 3.09. The summed E-state index contributed by atoms with van der Waals surface area (Å²) in [5, 5.41) is 3.12. The fourth-order valence-corrected chi connectivity index (χ4v) is 4.82. The van der Waals surface area contributed by atoms with Gasteiger partial charge in [0.15, 0.2) is 5.76 Å². The summed E-state index contributed by atoms with van der Waals surface area (Å²) in [5.74, 6) is 2.63. The Bertz CT molecular complexity index is 796. The monoisotopic (exact) mass is 387 g/mol. The molecule has 1 aromatic heterocycles. The molecular weight excluding hydrogens is 358 g/mol. The summed E-state index contributed by atoms with van der Waals surface area (Å²) >= 11 is 0. The number of hydrogen-bond donors (Lipinski definition) is 1. The number of carbonyl (C=O) groups is 1. The van der Waals surface area contributed by atoms with Crippen LogP contribution in [0.2, 0.25) is 0 Å². The molecule has 4 nitrogen and oxygen atoms in total. The number of nitrogens with one attached hydrogen (secondary N) is 1. The molecule has 1 N–H and O–H groups in total. The molecule has 0 radical (unpaired) electrons. The molecule has 5 heteroatoms. The molecule has 1 fully saturated rings. The number of carbonyl (C=O) groups excluding carboxylic acids is 1. The van der Waals surface area contributed by atoms with Crippen molar-refractivity contribution in [3.8, 4) is 0 Å². The highest BCUT2D eigenvalue weighted by atomic mass is 32.2. The minimum absolute atomic E-state index is 0.170. The molecule has 1 aliphatic rings. The molecule has 1 amide bonds. The average molecular weight is 388 g/mol. The Morgan fingerprint density at radius 3 is 2.59 bits per heavy atom. The first-order valence-corrected chi connectivity index (χ1v) is 11.2. The quantitative estimate of drug-likeness (QED) is 0.788. The summed E-state index contributed by atoms with van der Waals surface area (Å²) in [7, 11) is -1.07. The van der Waals surface area contributed by atoms with E-state index in [9.17, 15) is 9.00 Å². The van der Waals surface area contributed by atoms with Crippen molar-refractivity contribution >= 4 is 16.7 Å². The van der Waals surface area contributed by atoms with Crippen molar-refractivity contribution < 1.29 is 13.4 Å². The summed E-state index contributed by atoms with van der Waals surface area (Å²) < 4.78 is 18.1. The van der Waals surface area contributed by atoms with Crippen molar-refractivity contribution in [2.75, 3.05) is 0 Å². The second-order valence-corrected chi connectivity index (χ2v) is 9.28. The van der Waals surface area contributed by atoms with Crippen molar-refractivity contribution in [1.82, 2.24) is 5.32 Å². The Labute approximate surface area is 164 Å². The fraction of sp³-hybridized carbons (Fsp3) is 0.500. The van der Waals surface area contributed by atoms with Crippen LogP contribution in [0.5, 0.6) is 0 Å². The van der Waals surface area contributed by atoms with Crippen molar-refractivity contribution in [2.24, 2.45) is 11.8 Å². The molecule has 1 heterocycles. The van der Waals surface area contributed by atoms with E-state index in [2.05, 4.69) is 19.2 Å². The number of hydrogen-bond acceptors (Lipinski definition) is 3. The largest absolute Gasteiger partial charge is 0.455 e. The highest BCUT2D eigenvalue weighted by Gasteiger charge is 2.29. The van der Waals surface area contributed by atoms with Gasteiger partial charge < -0.3 is 9.73 Å². The standard InChI is InChI=1S/C22H29NO3S/c1-15-7-9-18(10-8-15)13-27(25)14-19-11-12-21(26-19)22(24)23-20-6-4-5-16(2)17(20)3/h7-12,16-17,20H,4-6,13-14H2,1-3H3,(H,23,24)/t16-,17+,20-,27+/m1/s1. The van der Waals surface area contributed by atoms with Gasteiger partial charge in [0, 0.05) is 22.6 Å². The molecule has 1 aliphatic carbocycles. The van der Waals surface area contributed by atoms with Crippen LogP contribution in [0, 0.1) is 18.8 Å². The second kappa shape index (κ2) is 8.87. The lowest BCUT2D eigenvalue weighted by atomic mass is 9.78. The van der Waals surface area contributed by atoms with Crippen LogP contribution in [-0.4, -0.2) is 16.2 Å². The lowest BCUT2D eigenvalue weighted by Gasteiger charge is -2.34. The van der Waals surface area contributed by atoms with E-state index in [1.807, 2.05) is 31.2 Å². The number of rotatable bonds is 6. The van der Waals surface area contributed by atoms with Gasteiger partial charge in [0.1, 0.15) is 5.76 Å². The van der Waals surface area contributed by atoms with E-state index in [0.717, 1.165) is 18.4 Å². The van der Waals surface area contributed by atoms with Crippen LogP contribution in [0.1, 0.15) is 60.6 Å². The van der Waals surface area contributed by atoms with Crippen LogP contribution in [0.4, 0.5) is 0 Å². The maximum atomic E-state index is 12.5. The first-order chi connectivity index (χ1) is 12.9. The van der Waals surface area contributed by atoms with Crippen LogP contribution in [-0.2, 0) is 22.3 Å². The second-order valence-electron chi connectivity index (χ2n) is 7.83. The first kappa shape index (κ1) is 19.9. The van der Waals surface area contributed by atoms with Crippen molar-refractivity contribution in [1.29, 1.82) is 0 Å². The molecule has 0 saturated heterocycles. The van der Waals surface area contributed by atoms with Crippen LogP contribution in [0.3, 0.4) is 0 Å². The molecule has 2 aromatic rings. The number of benzene rings is 1. The molecule has 27 heavy (non-hydrogen) atoms. The van der Waals surface area contributed by atoms with Gasteiger partial charge in [-0.3, -0.25) is 9.00 Å². The highest BCUT2D eigenvalue weighted by molar-refractivity contribution is 7.83. The van der Waals surface area contributed by atoms with E-state index < -0.39 is 10.8 Å². The lowest BCUT2D eigenvalue weighted by molar-refractivity contribution is 0.0861. The van der Waals surface area contributed by atoms with Crippen molar-refractivity contribution in [2.45, 2.75) is 57.6 Å². The third-order valence-corrected chi connectivity index (χ3v) is 6.92. The minimum atomic E-state index is -1.07. The number of aryl methyl sites for hydroxylation is 1. The molecule has 0 unspecified atom stereocenters. The maximum Gasteiger partial charge on any atom is 0.287 e. The predicted molar refractivity (Wildman–Crippen MR) is 109 cm³/mol. The molecule has 0 spiro atoms. The Hall–Kier alpha value is -1.88. The van der Waals surface area contributed by atoms with Gasteiger partial charge in [-0.1, -0.05) is 56.5 Å². The SMILES string of the molecule is Cc1ccc(C[S@](=O)Cc2ccc(C(=O)N[C@@H]3CCC[C@@H](C)[C@@H]3C)o2)cc1. The van der Waals surface area contributed by atoms with E-state index in [4.69, 9.17) is 4.42 Å². The van der Waals surface area contributed by atoms with E-state index in [1.165, 1.54) is 12.0 Å². The number of furan rings is 1. The summed E-state index contributed by atoms with van der Waals surface area (Å²) in [5.41, 5.74) is 2.23. The minimum Gasteiger partial charge on any atom is -0.455 e. The predicted octanol–water partition coefficient (Wildman–Crippen LogP) is 4.59. The van der Waals surface area contributed by atoms with Crippen molar-refractivity contribution in [3.63, 3.8) is 0 Å². The normalized spacial score (nSPS) is 23.7. The van der Waals surface area contributed by atoms with Gasteiger partial charge in [-0.15, -0.1) is 0 Å². The van der Waals surface area contributed by atoms with E-state index in [1.54, 1.807) is 12.1 Å². The Balaban J connectivity index is 1.55. The van der Waals surface area contributed by atoms with Crippen LogP contribution < -0.4 is 5.32 Å². The summed E-state index contributed by atoms with van der Waals surface area (Å²) in [6.45, 7) is 6.48. The Morgan fingerprint density at radius 2 is 1.85 bits per heavy atom. The Morgan fingerprint density at radius 1 is 1.11 bits per heavy atom. The van der Waals surface area contributed by atoms with Gasteiger partial charge in [0.25, 0.3) is 5.91 Å². The van der Waals surface area contributed by atoms with E-state index >= 15 is 0 Å². The third kappa shape index (κ3) is 5.32. The van der Waals surface area contributed by atoms with Gasteiger partial charge in [-0.25, -0.2) is 0 Å². The molecule has 0 bridgehead atoms. The molecule has 1 aromatic carbocycles. The summed E-state index contributed by atoms with van der Waals surface area (Å²) in [6.07, 6.45) is 3.40. The highest BCUT2D eigenvalue weighted by Crippen LogP contribution is 2.29. The molecule has 146 valence electrons. The van der Waals surface area contributed by atoms with Gasteiger partial charge in [-0.05, 0) is 42.9 Å². The Kier molecular flexibility index (Phi) is 6.53. The third-order valence-electron chi connectivity index (χ3n) is 5.66. The smallest absolute Gasteiger partial charge is 0.287 e. The van der Waals surface area contributed by atoms with Crippen LogP contribution >= 0.6 is 0 Å². The molecule has 0 aliphatic heterocycles. The zero-order chi connectivity index (χ0) is 19.4. The lowest BCUT2D eigenvalue weighted by Crippen LogP contribution is -2.43. The maximum absolute atomic E-state index is 12.5. The van der Waals surface area contributed by atoms with Gasteiger partial charge in [-0.2, -0.15) is 0 Å². The molecular formula is C22H29NO3S. The van der Waals surface area contributed by atoms with Gasteiger partial charge in [0.2, 0.25) is 0 Å². The molecule has 3 rings (SSSR count). The van der Waals surface area contributed by atoms with Crippen molar-refractivity contribution in [3.05, 3.63) is 59.0 Å². The first-order valence-electron chi connectivity index (χ1n) is 9.72. The number of amides is 1.